The second-order valence-electron chi connectivity index (χ2n) is 5.91. The molecule has 1 saturated carbocycles. The maximum atomic E-state index is 13.9. The van der Waals surface area contributed by atoms with Gasteiger partial charge in [0.15, 0.2) is 0 Å². The Labute approximate surface area is 112 Å². The molecular formula is C14H17ClFNO. The van der Waals surface area contributed by atoms with Crippen molar-refractivity contribution in [1.82, 2.24) is 5.32 Å². The van der Waals surface area contributed by atoms with Crippen molar-refractivity contribution in [2.45, 2.75) is 39.2 Å². The Morgan fingerprint density at radius 2 is 2.00 bits per heavy atom. The van der Waals surface area contributed by atoms with E-state index in [-0.39, 0.29) is 11.7 Å². The lowest BCUT2D eigenvalue weighted by molar-refractivity contribution is -0.129. The molecule has 0 spiro atoms. The highest BCUT2D eigenvalue weighted by Gasteiger charge is 2.48. The molecule has 0 radical (unpaired) electrons. The molecule has 1 aliphatic carbocycles. The summed E-state index contributed by atoms with van der Waals surface area (Å²) in [5.74, 6) is -0.413. The van der Waals surface area contributed by atoms with Gasteiger partial charge in [0.1, 0.15) is 5.82 Å². The van der Waals surface area contributed by atoms with Gasteiger partial charge >= 0.3 is 0 Å². The molecule has 1 aliphatic rings. The molecule has 1 fully saturated rings. The van der Waals surface area contributed by atoms with Gasteiger partial charge in [-0.3, -0.25) is 4.79 Å². The molecule has 0 unspecified atom stereocenters. The number of halogens is 2. The van der Waals surface area contributed by atoms with Crippen LogP contribution in [0.5, 0.6) is 0 Å². The third-order valence-corrected chi connectivity index (χ3v) is 3.47. The van der Waals surface area contributed by atoms with Gasteiger partial charge in [-0.15, -0.1) is 0 Å². The zero-order valence-corrected chi connectivity index (χ0v) is 11.6. The summed E-state index contributed by atoms with van der Waals surface area (Å²) in [6, 6.07) is 4.61. The number of hydrogen-bond donors (Lipinski definition) is 1. The van der Waals surface area contributed by atoms with Crippen molar-refractivity contribution in [3.05, 3.63) is 34.6 Å². The first-order valence-electron chi connectivity index (χ1n) is 6.03. The first-order chi connectivity index (χ1) is 8.24. The minimum absolute atomic E-state index is 0.0608. The van der Waals surface area contributed by atoms with Crippen molar-refractivity contribution >= 4 is 17.5 Å². The standard InChI is InChI=1S/C14H17ClFNO/c1-13(2,3)12(18)17-14(6-7-14)10-5-4-9(15)8-11(10)16/h4-5,8H,6-7H2,1-3H3,(H,17,18). The molecule has 0 heterocycles. The van der Waals surface area contributed by atoms with Crippen LogP contribution in [0.1, 0.15) is 39.2 Å². The van der Waals surface area contributed by atoms with E-state index in [0.717, 1.165) is 12.8 Å². The molecule has 18 heavy (non-hydrogen) atoms. The Kier molecular flexibility index (Phi) is 3.14. The van der Waals surface area contributed by atoms with Gasteiger partial charge in [0.05, 0.1) is 5.54 Å². The van der Waals surface area contributed by atoms with Crippen molar-refractivity contribution in [2.75, 3.05) is 0 Å². The van der Waals surface area contributed by atoms with E-state index in [4.69, 9.17) is 11.6 Å². The van der Waals surface area contributed by atoms with E-state index >= 15 is 0 Å². The van der Waals surface area contributed by atoms with Gasteiger partial charge in [0.2, 0.25) is 5.91 Å². The van der Waals surface area contributed by atoms with Crippen LogP contribution in [0.3, 0.4) is 0 Å². The fraction of sp³-hybridized carbons (Fsp3) is 0.500. The molecule has 0 aliphatic heterocycles. The van der Waals surface area contributed by atoms with Crippen LogP contribution in [0.25, 0.3) is 0 Å². The number of amides is 1. The highest BCUT2D eigenvalue weighted by molar-refractivity contribution is 6.30. The minimum atomic E-state index is -0.529. The minimum Gasteiger partial charge on any atom is -0.346 e. The van der Waals surface area contributed by atoms with Gasteiger partial charge in [0.25, 0.3) is 0 Å². The number of rotatable bonds is 2. The third-order valence-electron chi connectivity index (χ3n) is 3.23. The first kappa shape index (κ1) is 13.3. The van der Waals surface area contributed by atoms with E-state index in [0.29, 0.717) is 10.6 Å². The summed E-state index contributed by atoms with van der Waals surface area (Å²) in [4.78, 5) is 12.0. The number of nitrogens with one attached hydrogen (secondary N) is 1. The Morgan fingerprint density at radius 1 is 1.39 bits per heavy atom. The maximum Gasteiger partial charge on any atom is 0.226 e. The third kappa shape index (κ3) is 2.51. The average molecular weight is 270 g/mol. The Morgan fingerprint density at radius 3 is 2.44 bits per heavy atom. The number of carbonyl (C=O) groups is 1. The zero-order valence-electron chi connectivity index (χ0n) is 10.8. The predicted octanol–water partition coefficient (Wildman–Crippen LogP) is 3.63. The van der Waals surface area contributed by atoms with E-state index < -0.39 is 11.0 Å². The second-order valence-corrected chi connectivity index (χ2v) is 6.35. The summed E-state index contributed by atoms with van der Waals surface area (Å²) in [6.07, 6.45) is 1.54. The van der Waals surface area contributed by atoms with Crippen molar-refractivity contribution in [2.24, 2.45) is 5.41 Å². The van der Waals surface area contributed by atoms with Crippen LogP contribution >= 0.6 is 11.6 Å². The lowest BCUT2D eigenvalue weighted by Gasteiger charge is -2.24. The number of benzene rings is 1. The average Bonchev–Trinajstić information content (AvgIpc) is 2.96. The summed E-state index contributed by atoms with van der Waals surface area (Å²) in [5.41, 5.74) is -0.471. The highest BCUT2D eigenvalue weighted by atomic mass is 35.5. The predicted molar refractivity (Wildman–Crippen MR) is 69.9 cm³/mol. The molecule has 1 N–H and O–H groups in total. The van der Waals surface area contributed by atoms with Crippen LogP contribution in [0.2, 0.25) is 5.02 Å². The number of hydrogen-bond acceptors (Lipinski definition) is 1. The maximum absolute atomic E-state index is 13.9. The van der Waals surface area contributed by atoms with Gasteiger partial charge < -0.3 is 5.32 Å². The van der Waals surface area contributed by atoms with Crippen LogP contribution < -0.4 is 5.32 Å². The fourth-order valence-corrected chi connectivity index (χ4v) is 2.03. The quantitative estimate of drug-likeness (QED) is 0.873. The fourth-order valence-electron chi connectivity index (χ4n) is 1.87. The van der Waals surface area contributed by atoms with Crippen LogP contribution in [0.15, 0.2) is 18.2 Å². The molecule has 1 amide bonds. The summed E-state index contributed by atoms with van der Waals surface area (Å²) >= 11 is 5.74. The summed E-state index contributed by atoms with van der Waals surface area (Å²) in [5, 5.41) is 3.33. The smallest absolute Gasteiger partial charge is 0.226 e. The topological polar surface area (TPSA) is 29.1 Å². The first-order valence-corrected chi connectivity index (χ1v) is 6.41. The van der Waals surface area contributed by atoms with Crippen molar-refractivity contribution in [3.63, 3.8) is 0 Å². The Hall–Kier alpha value is -1.09. The van der Waals surface area contributed by atoms with E-state index in [9.17, 15) is 9.18 Å². The van der Waals surface area contributed by atoms with Gasteiger partial charge in [-0.05, 0) is 25.0 Å². The van der Waals surface area contributed by atoms with E-state index in [1.165, 1.54) is 6.07 Å². The molecule has 98 valence electrons. The van der Waals surface area contributed by atoms with Crippen LogP contribution in [0, 0.1) is 11.2 Å². The molecule has 1 aromatic rings. The molecule has 2 rings (SSSR count). The van der Waals surface area contributed by atoms with Crippen LogP contribution in [-0.2, 0) is 10.3 Å². The molecule has 0 atom stereocenters. The normalized spacial score (nSPS) is 17.4. The lowest BCUT2D eigenvalue weighted by Crippen LogP contribution is -2.42. The van der Waals surface area contributed by atoms with Crippen LogP contribution in [-0.4, -0.2) is 5.91 Å². The molecule has 2 nitrogen and oxygen atoms in total. The molecular weight excluding hydrogens is 253 g/mol. The molecule has 0 bridgehead atoms. The Balaban J connectivity index is 2.25. The molecule has 0 aromatic heterocycles. The second kappa shape index (κ2) is 4.23. The largest absolute Gasteiger partial charge is 0.346 e. The Bertz CT molecular complexity index is 489. The highest BCUT2D eigenvalue weighted by Crippen LogP contribution is 2.47. The zero-order chi connectivity index (χ0) is 13.6. The van der Waals surface area contributed by atoms with Gasteiger partial charge in [0, 0.05) is 16.0 Å². The number of carbonyl (C=O) groups excluding carboxylic acids is 1. The van der Waals surface area contributed by atoms with Crippen LogP contribution in [0.4, 0.5) is 4.39 Å². The van der Waals surface area contributed by atoms with Crippen molar-refractivity contribution < 1.29 is 9.18 Å². The molecule has 4 heteroatoms. The summed E-state index contributed by atoms with van der Waals surface area (Å²) in [7, 11) is 0. The van der Waals surface area contributed by atoms with Crippen molar-refractivity contribution in [3.8, 4) is 0 Å². The van der Waals surface area contributed by atoms with E-state index in [1.807, 2.05) is 20.8 Å². The van der Waals surface area contributed by atoms with Gasteiger partial charge in [-0.1, -0.05) is 38.4 Å². The van der Waals surface area contributed by atoms with E-state index in [2.05, 4.69) is 5.32 Å². The summed E-state index contributed by atoms with van der Waals surface area (Å²) < 4.78 is 13.9. The molecule has 0 saturated heterocycles. The SMILES string of the molecule is CC(C)(C)C(=O)NC1(c2ccc(Cl)cc2F)CC1. The monoisotopic (exact) mass is 269 g/mol. The van der Waals surface area contributed by atoms with Gasteiger partial charge in [-0.25, -0.2) is 4.39 Å². The lowest BCUT2D eigenvalue weighted by atomic mass is 9.94. The molecule has 1 aromatic carbocycles. The van der Waals surface area contributed by atoms with E-state index in [1.54, 1.807) is 12.1 Å². The summed E-state index contributed by atoms with van der Waals surface area (Å²) in [6.45, 7) is 5.53. The van der Waals surface area contributed by atoms with Gasteiger partial charge in [-0.2, -0.15) is 0 Å². The van der Waals surface area contributed by atoms with Crippen molar-refractivity contribution in [1.29, 1.82) is 0 Å².